The van der Waals surface area contributed by atoms with Gasteiger partial charge in [-0.2, -0.15) is 0 Å². The Balaban J connectivity index is 1.48. The van der Waals surface area contributed by atoms with Crippen LogP contribution in [-0.2, 0) is 9.59 Å². The van der Waals surface area contributed by atoms with Crippen LogP contribution in [-0.4, -0.2) is 23.3 Å². The van der Waals surface area contributed by atoms with Gasteiger partial charge >= 0.3 is 0 Å². The third kappa shape index (κ3) is 3.08. The van der Waals surface area contributed by atoms with E-state index >= 15 is 0 Å². The number of carbonyl (C=O) groups excluding carboxylic acids is 2. The van der Waals surface area contributed by atoms with E-state index in [4.69, 9.17) is 0 Å². The predicted molar refractivity (Wildman–Crippen MR) is 97.3 cm³/mol. The van der Waals surface area contributed by atoms with Crippen molar-refractivity contribution < 1.29 is 9.59 Å². The van der Waals surface area contributed by atoms with Crippen molar-refractivity contribution in [3.63, 3.8) is 0 Å². The molecule has 0 aliphatic carbocycles. The summed E-state index contributed by atoms with van der Waals surface area (Å²) in [6, 6.07) is 19.1. The van der Waals surface area contributed by atoms with Crippen LogP contribution >= 0.6 is 0 Å². The number of fused-ring (bicyclic) bond motifs is 1. The van der Waals surface area contributed by atoms with Crippen molar-refractivity contribution in [3.8, 4) is 0 Å². The number of amides is 2. The fourth-order valence-corrected chi connectivity index (χ4v) is 3.12. The lowest BCUT2D eigenvalue weighted by Crippen LogP contribution is -2.28. The van der Waals surface area contributed by atoms with Crippen molar-refractivity contribution in [1.29, 1.82) is 0 Å². The fourth-order valence-electron chi connectivity index (χ4n) is 3.12. The van der Waals surface area contributed by atoms with Gasteiger partial charge < -0.3 is 10.2 Å². The molecule has 1 atom stereocenters. The first kappa shape index (κ1) is 15.3. The molecule has 25 heavy (non-hydrogen) atoms. The highest BCUT2D eigenvalue weighted by Crippen LogP contribution is 2.26. The minimum atomic E-state index is -0.362. The van der Waals surface area contributed by atoms with Crippen LogP contribution in [0.5, 0.6) is 0 Å². The van der Waals surface area contributed by atoms with Gasteiger partial charge in [-0.05, 0) is 24.3 Å². The molecule has 4 rings (SSSR count). The minimum absolute atomic E-state index is 0.0250. The molecule has 5 nitrogen and oxygen atoms in total. The standard InChI is InChI=1S/C20H17N3O2/c24-19-11-15(13-23(19)17-7-2-1-3-8-17)20(25)22-16-10-14-6-4-5-9-18(14)21-12-16/h1-10,12,15H,11,13H2,(H,22,25). The molecular formula is C20H17N3O2. The second-order valence-electron chi connectivity index (χ2n) is 6.15. The van der Waals surface area contributed by atoms with Gasteiger partial charge in [0, 0.05) is 24.0 Å². The molecule has 1 aromatic heterocycles. The largest absolute Gasteiger partial charge is 0.324 e. The molecule has 2 amide bonds. The zero-order valence-corrected chi connectivity index (χ0v) is 13.6. The van der Waals surface area contributed by atoms with E-state index in [1.807, 2.05) is 60.7 Å². The van der Waals surface area contributed by atoms with Gasteiger partial charge in [-0.15, -0.1) is 0 Å². The lowest BCUT2D eigenvalue weighted by Gasteiger charge is -2.16. The Morgan fingerprint density at radius 3 is 2.68 bits per heavy atom. The van der Waals surface area contributed by atoms with E-state index in [0.717, 1.165) is 16.6 Å². The molecule has 0 spiro atoms. The third-order valence-electron chi connectivity index (χ3n) is 4.42. The van der Waals surface area contributed by atoms with Crippen molar-refractivity contribution in [3.05, 3.63) is 66.9 Å². The lowest BCUT2D eigenvalue weighted by atomic mass is 10.1. The highest BCUT2D eigenvalue weighted by Gasteiger charge is 2.35. The van der Waals surface area contributed by atoms with E-state index in [-0.39, 0.29) is 24.2 Å². The first-order valence-electron chi connectivity index (χ1n) is 8.22. The number of aromatic nitrogens is 1. The maximum absolute atomic E-state index is 12.6. The van der Waals surface area contributed by atoms with Crippen molar-refractivity contribution >= 4 is 34.1 Å². The summed E-state index contributed by atoms with van der Waals surface area (Å²) < 4.78 is 0. The van der Waals surface area contributed by atoms with Gasteiger partial charge in [-0.3, -0.25) is 14.6 Å². The predicted octanol–water partition coefficient (Wildman–Crippen LogP) is 3.23. The first-order chi connectivity index (χ1) is 12.2. The molecule has 2 aromatic carbocycles. The molecule has 5 heteroatoms. The lowest BCUT2D eigenvalue weighted by molar-refractivity contribution is -0.122. The Bertz CT molecular complexity index is 940. The molecule has 0 saturated carbocycles. The average Bonchev–Trinajstić information content (AvgIpc) is 3.04. The summed E-state index contributed by atoms with van der Waals surface area (Å²) in [7, 11) is 0. The van der Waals surface area contributed by atoms with Crippen LogP contribution in [0.1, 0.15) is 6.42 Å². The molecule has 1 aliphatic heterocycles. The topological polar surface area (TPSA) is 62.3 Å². The van der Waals surface area contributed by atoms with Crippen molar-refractivity contribution in [2.24, 2.45) is 5.92 Å². The molecular weight excluding hydrogens is 314 g/mol. The summed E-state index contributed by atoms with van der Waals surface area (Å²) in [5.41, 5.74) is 2.36. The molecule has 124 valence electrons. The van der Waals surface area contributed by atoms with Crippen LogP contribution in [0, 0.1) is 5.92 Å². The highest BCUT2D eigenvalue weighted by molar-refractivity contribution is 6.03. The number of benzene rings is 2. The number of rotatable bonds is 3. The fraction of sp³-hybridized carbons (Fsp3) is 0.150. The summed E-state index contributed by atoms with van der Waals surface area (Å²) >= 11 is 0. The monoisotopic (exact) mass is 331 g/mol. The maximum atomic E-state index is 12.6. The van der Waals surface area contributed by atoms with Crippen molar-refractivity contribution in [1.82, 2.24) is 4.98 Å². The summed E-state index contributed by atoms with van der Waals surface area (Å²) in [4.78, 5) is 30.8. The van der Waals surface area contributed by atoms with E-state index in [9.17, 15) is 9.59 Å². The van der Waals surface area contributed by atoms with Crippen LogP contribution in [0.2, 0.25) is 0 Å². The summed E-state index contributed by atoms with van der Waals surface area (Å²) in [5.74, 6) is -0.536. The number of para-hydroxylation sites is 2. The molecule has 1 fully saturated rings. The molecule has 1 N–H and O–H groups in total. The van der Waals surface area contributed by atoms with Crippen molar-refractivity contribution in [2.75, 3.05) is 16.8 Å². The second-order valence-corrected chi connectivity index (χ2v) is 6.15. The van der Waals surface area contributed by atoms with Gasteiger partial charge in [0.2, 0.25) is 11.8 Å². The van der Waals surface area contributed by atoms with Crippen LogP contribution in [0.4, 0.5) is 11.4 Å². The van der Waals surface area contributed by atoms with Gasteiger partial charge in [0.15, 0.2) is 0 Å². The van der Waals surface area contributed by atoms with Crippen LogP contribution in [0.25, 0.3) is 10.9 Å². The van der Waals surface area contributed by atoms with E-state index in [1.165, 1.54) is 0 Å². The summed E-state index contributed by atoms with van der Waals surface area (Å²) in [6.07, 6.45) is 1.87. The zero-order chi connectivity index (χ0) is 17.2. The van der Waals surface area contributed by atoms with Crippen LogP contribution in [0.3, 0.4) is 0 Å². The maximum Gasteiger partial charge on any atom is 0.229 e. The molecule has 2 heterocycles. The quantitative estimate of drug-likeness (QED) is 0.801. The Labute approximate surface area is 145 Å². The number of hydrogen-bond donors (Lipinski definition) is 1. The Morgan fingerprint density at radius 1 is 1.08 bits per heavy atom. The molecule has 1 aliphatic rings. The van der Waals surface area contributed by atoms with E-state index in [2.05, 4.69) is 10.3 Å². The summed E-state index contributed by atoms with van der Waals surface area (Å²) in [6.45, 7) is 0.399. The number of pyridine rings is 1. The number of nitrogens with zero attached hydrogens (tertiary/aromatic N) is 2. The average molecular weight is 331 g/mol. The van der Waals surface area contributed by atoms with E-state index < -0.39 is 0 Å². The van der Waals surface area contributed by atoms with Crippen molar-refractivity contribution in [2.45, 2.75) is 6.42 Å². The van der Waals surface area contributed by atoms with Crippen LogP contribution in [0.15, 0.2) is 66.9 Å². The van der Waals surface area contributed by atoms with Gasteiger partial charge in [0.1, 0.15) is 0 Å². The Morgan fingerprint density at radius 2 is 1.84 bits per heavy atom. The zero-order valence-electron chi connectivity index (χ0n) is 13.6. The minimum Gasteiger partial charge on any atom is -0.324 e. The van der Waals surface area contributed by atoms with E-state index in [0.29, 0.717) is 12.2 Å². The molecule has 1 unspecified atom stereocenters. The normalized spacial score (nSPS) is 17.0. The smallest absolute Gasteiger partial charge is 0.229 e. The number of hydrogen-bond acceptors (Lipinski definition) is 3. The van der Waals surface area contributed by atoms with E-state index in [1.54, 1.807) is 11.1 Å². The summed E-state index contributed by atoms with van der Waals surface area (Å²) in [5, 5.41) is 3.85. The molecule has 0 bridgehead atoms. The van der Waals surface area contributed by atoms with Gasteiger partial charge in [0.25, 0.3) is 0 Å². The Hall–Kier alpha value is -3.21. The first-order valence-corrected chi connectivity index (χ1v) is 8.22. The molecule has 3 aromatic rings. The second kappa shape index (κ2) is 6.36. The molecule has 1 saturated heterocycles. The third-order valence-corrected chi connectivity index (χ3v) is 4.42. The number of carbonyl (C=O) groups is 2. The van der Waals surface area contributed by atoms with Crippen LogP contribution < -0.4 is 10.2 Å². The SMILES string of the molecule is O=C(Nc1cnc2ccccc2c1)C1CC(=O)N(c2ccccc2)C1. The van der Waals surface area contributed by atoms with Gasteiger partial charge in [0.05, 0.1) is 23.3 Å². The Kier molecular flexibility index (Phi) is 3.90. The molecule has 0 radical (unpaired) electrons. The number of anilines is 2. The van der Waals surface area contributed by atoms with Gasteiger partial charge in [-0.1, -0.05) is 36.4 Å². The number of nitrogens with one attached hydrogen (secondary N) is 1. The highest BCUT2D eigenvalue weighted by atomic mass is 16.2. The van der Waals surface area contributed by atoms with Gasteiger partial charge in [-0.25, -0.2) is 0 Å².